The molecule has 2 nitrogen and oxygen atoms in total. The quantitative estimate of drug-likeness (QED) is 0.788. The molecule has 0 saturated carbocycles. The maximum Gasteiger partial charge on any atom is 0.573 e. The van der Waals surface area contributed by atoms with Crippen molar-refractivity contribution in [3.63, 3.8) is 0 Å². The van der Waals surface area contributed by atoms with Crippen LogP contribution >= 0.6 is 0 Å². The molecule has 0 amide bonds. The zero-order chi connectivity index (χ0) is 15.3. The van der Waals surface area contributed by atoms with Crippen LogP contribution in [0.2, 0.25) is 0 Å². The van der Waals surface area contributed by atoms with Gasteiger partial charge in [-0.2, -0.15) is 0 Å². The minimum Gasteiger partial charge on any atom is -0.485 e. The third-order valence-corrected chi connectivity index (χ3v) is 2.67. The Balaban J connectivity index is 2.20. The molecule has 0 heterocycles. The lowest BCUT2D eigenvalue weighted by molar-refractivity contribution is -0.275. The third-order valence-electron chi connectivity index (χ3n) is 2.67. The van der Waals surface area contributed by atoms with Gasteiger partial charge in [0.1, 0.15) is 6.61 Å². The third kappa shape index (κ3) is 4.56. The van der Waals surface area contributed by atoms with Gasteiger partial charge in [0.15, 0.2) is 11.5 Å². The maximum atomic E-state index is 12.4. The summed E-state index contributed by atoms with van der Waals surface area (Å²) in [6, 6.07) is 13.3. The Labute approximate surface area is 120 Å². The number of benzene rings is 2. The highest BCUT2D eigenvalue weighted by molar-refractivity contribution is 5.54. The van der Waals surface area contributed by atoms with Gasteiger partial charge in [0.05, 0.1) is 0 Å². The second-order valence-electron chi connectivity index (χ2n) is 4.23. The van der Waals surface area contributed by atoms with Crippen LogP contribution in [-0.4, -0.2) is 6.36 Å². The fourth-order valence-electron chi connectivity index (χ4n) is 1.71. The zero-order valence-electron chi connectivity index (χ0n) is 11.1. The molecular formula is C16H13F3O2. The van der Waals surface area contributed by atoms with Crippen LogP contribution in [0.1, 0.15) is 11.1 Å². The normalized spacial score (nSPS) is 11.0. The van der Waals surface area contributed by atoms with Crippen molar-refractivity contribution in [3.8, 4) is 11.5 Å². The predicted molar refractivity (Wildman–Crippen MR) is 74.0 cm³/mol. The summed E-state index contributed by atoms with van der Waals surface area (Å²) < 4.78 is 46.5. The molecule has 0 atom stereocenters. The lowest BCUT2D eigenvalue weighted by Gasteiger charge is -2.14. The van der Waals surface area contributed by atoms with E-state index in [1.165, 1.54) is 24.3 Å². The first-order valence-corrected chi connectivity index (χ1v) is 6.17. The predicted octanol–water partition coefficient (Wildman–Crippen LogP) is 4.81. The van der Waals surface area contributed by atoms with Crippen molar-refractivity contribution in [1.29, 1.82) is 0 Å². The van der Waals surface area contributed by atoms with Crippen LogP contribution in [-0.2, 0) is 6.61 Å². The molecule has 0 unspecified atom stereocenters. The van der Waals surface area contributed by atoms with Crippen LogP contribution in [0.15, 0.2) is 55.1 Å². The van der Waals surface area contributed by atoms with E-state index in [0.29, 0.717) is 5.56 Å². The molecule has 21 heavy (non-hydrogen) atoms. The molecule has 0 saturated heterocycles. The smallest absolute Gasteiger partial charge is 0.485 e. The van der Waals surface area contributed by atoms with Crippen molar-refractivity contribution in [3.05, 3.63) is 66.2 Å². The van der Waals surface area contributed by atoms with Gasteiger partial charge in [-0.15, -0.1) is 13.2 Å². The number of ether oxygens (including phenoxy) is 2. The summed E-state index contributed by atoms with van der Waals surface area (Å²) in [5, 5.41) is 0. The number of rotatable bonds is 5. The van der Waals surface area contributed by atoms with Crippen LogP contribution in [0.4, 0.5) is 13.2 Å². The minimum atomic E-state index is -4.76. The van der Waals surface area contributed by atoms with Crippen molar-refractivity contribution in [2.75, 3.05) is 0 Å². The standard InChI is InChI=1S/C16H13F3O2/c1-2-12-8-9-14(21-16(17,18)19)15(10-12)20-11-13-6-4-3-5-7-13/h2-10H,1,11H2. The van der Waals surface area contributed by atoms with Gasteiger partial charge < -0.3 is 9.47 Å². The van der Waals surface area contributed by atoms with Gasteiger partial charge in [-0.25, -0.2) is 0 Å². The SMILES string of the molecule is C=Cc1ccc(OC(F)(F)F)c(OCc2ccccc2)c1. The van der Waals surface area contributed by atoms with E-state index in [1.807, 2.05) is 30.3 Å². The van der Waals surface area contributed by atoms with E-state index in [2.05, 4.69) is 11.3 Å². The summed E-state index contributed by atoms with van der Waals surface area (Å²) >= 11 is 0. The average molecular weight is 294 g/mol. The van der Waals surface area contributed by atoms with Gasteiger partial charge in [-0.05, 0) is 23.3 Å². The van der Waals surface area contributed by atoms with Crippen LogP contribution in [0.5, 0.6) is 11.5 Å². The molecule has 110 valence electrons. The number of hydrogen-bond acceptors (Lipinski definition) is 2. The highest BCUT2D eigenvalue weighted by Crippen LogP contribution is 2.33. The van der Waals surface area contributed by atoms with Crippen molar-refractivity contribution in [1.82, 2.24) is 0 Å². The molecule has 0 aliphatic rings. The molecule has 0 bridgehead atoms. The van der Waals surface area contributed by atoms with Gasteiger partial charge in [-0.1, -0.05) is 49.1 Å². The highest BCUT2D eigenvalue weighted by Gasteiger charge is 2.32. The van der Waals surface area contributed by atoms with Gasteiger partial charge in [0, 0.05) is 0 Å². The molecule has 0 aromatic heterocycles. The molecule has 0 N–H and O–H groups in total. The van der Waals surface area contributed by atoms with Gasteiger partial charge in [0.25, 0.3) is 0 Å². The Bertz CT molecular complexity index is 607. The molecule has 0 aliphatic heterocycles. The summed E-state index contributed by atoms with van der Waals surface area (Å²) in [5.74, 6) is -0.349. The first kappa shape index (κ1) is 15.0. The monoisotopic (exact) mass is 294 g/mol. The average Bonchev–Trinajstić information content (AvgIpc) is 2.46. The van der Waals surface area contributed by atoms with E-state index in [-0.39, 0.29) is 18.1 Å². The Morgan fingerprint density at radius 3 is 2.33 bits per heavy atom. The summed E-state index contributed by atoms with van der Waals surface area (Å²) in [4.78, 5) is 0. The first-order valence-electron chi connectivity index (χ1n) is 6.17. The number of alkyl halides is 3. The lowest BCUT2D eigenvalue weighted by Crippen LogP contribution is -2.17. The molecule has 0 radical (unpaired) electrons. The number of hydrogen-bond donors (Lipinski definition) is 0. The summed E-state index contributed by atoms with van der Waals surface area (Å²) in [6.07, 6.45) is -3.24. The molecule has 2 aromatic rings. The molecular weight excluding hydrogens is 281 g/mol. The summed E-state index contributed by atoms with van der Waals surface area (Å²) in [5.41, 5.74) is 1.49. The van der Waals surface area contributed by atoms with Crippen LogP contribution < -0.4 is 9.47 Å². The Morgan fingerprint density at radius 2 is 1.71 bits per heavy atom. The van der Waals surface area contributed by atoms with Crippen molar-refractivity contribution in [2.45, 2.75) is 13.0 Å². The van der Waals surface area contributed by atoms with Crippen molar-refractivity contribution < 1.29 is 22.6 Å². The summed E-state index contributed by atoms with van der Waals surface area (Å²) in [6.45, 7) is 3.72. The van der Waals surface area contributed by atoms with Crippen molar-refractivity contribution in [2.24, 2.45) is 0 Å². The lowest BCUT2D eigenvalue weighted by atomic mass is 10.2. The molecule has 5 heteroatoms. The molecule has 2 aromatic carbocycles. The van der Waals surface area contributed by atoms with E-state index in [0.717, 1.165) is 5.56 Å². The van der Waals surface area contributed by atoms with E-state index in [9.17, 15) is 13.2 Å². The van der Waals surface area contributed by atoms with Crippen LogP contribution in [0.25, 0.3) is 6.08 Å². The van der Waals surface area contributed by atoms with E-state index in [1.54, 1.807) is 0 Å². The number of halogens is 3. The minimum absolute atomic E-state index is 0.0218. The first-order chi connectivity index (χ1) is 9.98. The van der Waals surface area contributed by atoms with Crippen molar-refractivity contribution >= 4 is 6.08 Å². The second-order valence-corrected chi connectivity index (χ2v) is 4.23. The molecule has 0 spiro atoms. The molecule has 2 rings (SSSR count). The Kier molecular flexibility index (Phi) is 4.52. The van der Waals surface area contributed by atoms with E-state index >= 15 is 0 Å². The van der Waals surface area contributed by atoms with Gasteiger partial charge in [-0.3, -0.25) is 0 Å². The second kappa shape index (κ2) is 6.35. The fourth-order valence-corrected chi connectivity index (χ4v) is 1.71. The summed E-state index contributed by atoms with van der Waals surface area (Å²) in [7, 11) is 0. The van der Waals surface area contributed by atoms with E-state index < -0.39 is 6.36 Å². The van der Waals surface area contributed by atoms with Crippen LogP contribution in [0.3, 0.4) is 0 Å². The maximum absolute atomic E-state index is 12.4. The largest absolute Gasteiger partial charge is 0.573 e. The highest BCUT2D eigenvalue weighted by atomic mass is 19.4. The van der Waals surface area contributed by atoms with E-state index in [4.69, 9.17) is 4.74 Å². The van der Waals surface area contributed by atoms with Gasteiger partial charge >= 0.3 is 6.36 Å². The van der Waals surface area contributed by atoms with Gasteiger partial charge in [0.2, 0.25) is 0 Å². The Morgan fingerprint density at radius 1 is 1.00 bits per heavy atom. The Hall–Kier alpha value is -2.43. The zero-order valence-corrected chi connectivity index (χ0v) is 11.1. The fraction of sp³-hybridized carbons (Fsp3) is 0.125. The topological polar surface area (TPSA) is 18.5 Å². The molecule has 0 aliphatic carbocycles. The van der Waals surface area contributed by atoms with Crippen LogP contribution in [0, 0.1) is 0 Å². The molecule has 0 fully saturated rings.